The van der Waals surface area contributed by atoms with Crippen LogP contribution in [0.4, 0.5) is 4.79 Å². The fourth-order valence-corrected chi connectivity index (χ4v) is 4.68. The molecule has 4 heteroatoms. The molecule has 0 aromatic carbocycles. The van der Waals surface area contributed by atoms with E-state index >= 15 is 0 Å². The summed E-state index contributed by atoms with van der Waals surface area (Å²) in [4.78, 5) is 8.56. The predicted octanol–water partition coefficient (Wildman–Crippen LogP) is 10.3. The zero-order chi connectivity index (χ0) is 25.0. The molecule has 0 aromatic heterocycles. The lowest BCUT2D eigenvalue weighted by Gasteiger charge is -2.30. The second-order valence-corrected chi connectivity index (χ2v) is 10.3. The van der Waals surface area contributed by atoms with Gasteiger partial charge >= 0.3 is 6.16 Å². The third-order valence-corrected chi connectivity index (χ3v) is 6.83. The highest BCUT2D eigenvalue weighted by atomic mass is 16.6. The molecule has 0 aliphatic carbocycles. The minimum absolute atomic E-state index is 0.135. The largest absolute Gasteiger partial charge is 0.503 e. The molecule has 0 saturated carbocycles. The molecular weight excluding hydrogens is 410 g/mol. The SMILES string of the molecule is CCCCCCCCCC(N)(CCCCCCCCC)CCCCCCCCC.O=C(O)O. The smallest absolute Gasteiger partial charge is 0.450 e. The van der Waals surface area contributed by atoms with Crippen LogP contribution in [0.3, 0.4) is 0 Å². The molecule has 4 nitrogen and oxygen atoms in total. The molecule has 200 valence electrons. The van der Waals surface area contributed by atoms with Crippen LogP contribution >= 0.6 is 0 Å². The Morgan fingerprint density at radius 2 is 0.667 bits per heavy atom. The number of rotatable bonds is 24. The van der Waals surface area contributed by atoms with Gasteiger partial charge in [-0.15, -0.1) is 0 Å². The molecule has 0 bridgehead atoms. The second kappa shape index (κ2) is 27.5. The molecule has 0 aliphatic heterocycles. The second-order valence-electron chi connectivity index (χ2n) is 10.3. The molecule has 0 saturated heterocycles. The summed E-state index contributed by atoms with van der Waals surface area (Å²) in [5.41, 5.74) is 7.12. The lowest BCUT2D eigenvalue weighted by Crippen LogP contribution is -2.39. The maximum atomic E-state index is 8.56. The van der Waals surface area contributed by atoms with Gasteiger partial charge in [0, 0.05) is 5.54 Å². The van der Waals surface area contributed by atoms with Crippen molar-refractivity contribution in [3.8, 4) is 0 Å². The van der Waals surface area contributed by atoms with Gasteiger partial charge in [-0.2, -0.15) is 0 Å². The highest BCUT2D eigenvalue weighted by Crippen LogP contribution is 2.27. The van der Waals surface area contributed by atoms with Gasteiger partial charge in [0.2, 0.25) is 0 Å². The number of unbranched alkanes of at least 4 members (excludes halogenated alkanes) is 18. The standard InChI is InChI=1S/C28H59N.CH2O3/c1-4-7-10-13-16-19-22-25-28(29,26-23-20-17-14-11-8-5-2)27-24-21-18-15-12-9-6-3;2-1(3)4/h4-27,29H2,1-3H3;(H2,2,3,4). The Hall–Kier alpha value is -0.770. The van der Waals surface area contributed by atoms with E-state index in [0.29, 0.717) is 0 Å². The number of carbonyl (C=O) groups is 1. The van der Waals surface area contributed by atoms with Crippen molar-refractivity contribution < 1.29 is 15.0 Å². The van der Waals surface area contributed by atoms with E-state index in [4.69, 9.17) is 20.7 Å². The van der Waals surface area contributed by atoms with Crippen LogP contribution < -0.4 is 5.73 Å². The third kappa shape index (κ3) is 31.2. The molecule has 0 fully saturated rings. The first-order valence-electron chi connectivity index (χ1n) is 14.6. The number of hydrogen-bond acceptors (Lipinski definition) is 2. The molecule has 0 heterocycles. The number of carboxylic acid groups (broad SMARTS) is 2. The Morgan fingerprint density at radius 3 is 0.879 bits per heavy atom. The third-order valence-electron chi connectivity index (χ3n) is 6.83. The van der Waals surface area contributed by atoms with Gasteiger partial charge in [0.1, 0.15) is 0 Å². The molecule has 33 heavy (non-hydrogen) atoms. The Labute approximate surface area is 207 Å². The normalized spacial score (nSPS) is 11.3. The fourth-order valence-electron chi connectivity index (χ4n) is 4.68. The van der Waals surface area contributed by atoms with Crippen LogP contribution in [0.1, 0.15) is 175 Å². The number of hydrogen-bond donors (Lipinski definition) is 3. The molecular formula is C29H61NO3. The summed E-state index contributed by atoms with van der Waals surface area (Å²) < 4.78 is 0. The molecule has 0 aliphatic rings. The van der Waals surface area contributed by atoms with Gasteiger partial charge < -0.3 is 15.9 Å². The monoisotopic (exact) mass is 471 g/mol. The van der Waals surface area contributed by atoms with Gasteiger partial charge in [-0.25, -0.2) is 4.79 Å². The van der Waals surface area contributed by atoms with E-state index in [1.807, 2.05) is 0 Å². The zero-order valence-electron chi connectivity index (χ0n) is 22.9. The van der Waals surface area contributed by atoms with Crippen molar-refractivity contribution >= 4 is 6.16 Å². The van der Waals surface area contributed by atoms with E-state index in [-0.39, 0.29) is 5.54 Å². The molecule has 0 amide bonds. The molecule has 4 N–H and O–H groups in total. The van der Waals surface area contributed by atoms with Gasteiger partial charge in [0.25, 0.3) is 0 Å². The first-order chi connectivity index (χ1) is 15.9. The summed E-state index contributed by atoms with van der Waals surface area (Å²) in [6, 6.07) is 0. The van der Waals surface area contributed by atoms with Crippen molar-refractivity contribution in [2.75, 3.05) is 0 Å². The summed E-state index contributed by atoms with van der Waals surface area (Å²) in [7, 11) is 0. The molecule has 0 aromatic rings. The van der Waals surface area contributed by atoms with Crippen LogP contribution in [0.5, 0.6) is 0 Å². The maximum Gasteiger partial charge on any atom is 0.503 e. The van der Waals surface area contributed by atoms with E-state index < -0.39 is 6.16 Å². The summed E-state index contributed by atoms with van der Waals surface area (Å²) >= 11 is 0. The molecule has 0 radical (unpaired) electrons. The Morgan fingerprint density at radius 1 is 0.485 bits per heavy atom. The van der Waals surface area contributed by atoms with Crippen molar-refractivity contribution in [3.63, 3.8) is 0 Å². The summed E-state index contributed by atoms with van der Waals surface area (Å²) in [5.74, 6) is 0. The zero-order valence-corrected chi connectivity index (χ0v) is 22.9. The van der Waals surface area contributed by atoms with Crippen molar-refractivity contribution in [1.29, 1.82) is 0 Å². The van der Waals surface area contributed by atoms with Gasteiger partial charge in [-0.1, -0.05) is 156 Å². The molecule has 0 spiro atoms. The van der Waals surface area contributed by atoms with Crippen LogP contribution in [0.15, 0.2) is 0 Å². The molecule has 0 unspecified atom stereocenters. The summed E-state index contributed by atoms with van der Waals surface area (Å²) in [5, 5.41) is 13.9. The minimum Gasteiger partial charge on any atom is -0.450 e. The van der Waals surface area contributed by atoms with Crippen molar-refractivity contribution in [2.45, 2.75) is 180 Å². The van der Waals surface area contributed by atoms with Gasteiger partial charge in [0.05, 0.1) is 0 Å². The minimum atomic E-state index is -1.83. The van der Waals surface area contributed by atoms with Crippen LogP contribution in [0, 0.1) is 0 Å². The van der Waals surface area contributed by atoms with E-state index in [0.717, 1.165) is 0 Å². The first-order valence-corrected chi connectivity index (χ1v) is 14.6. The average Bonchev–Trinajstić information content (AvgIpc) is 2.77. The van der Waals surface area contributed by atoms with Crippen LogP contribution in [-0.2, 0) is 0 Å². The highest BCUT2D eigenvalue weighted by molar-refractivity contribution is 5.53. The van der Waals surface area contributed by atoms with Gasteiger partial charge in [-0.3, -0.25) is 0 Å². The first kappa shape index (κ1) is 34.4. The fraction of sp³-hybridized carbons (Fsp3) is 0.966. The predicted molar refractivity (Wildman–Crippen MR) is 145 cm³/mol. The highest BCUT2D eigenvalue weighted by Gasteiger charge is 2.23. The van der Waals surface area contributed by atoms with Gasteiger partial charge in [-0.05, 0) is 19.3 Å². The molecule has 0 atom stereocenters. The summed E-state index contributed by atoms with van der Waals surface area (Å²) in [6.45, 7) is 6.91. The Balaban J connectivity index is 0. The maximum absolute atomic E-state index is 8.56. The average molecular weight is 472 g/mol. The summed E-state index contributed by atoms with van der Waals surface area (Å²) in [6.07, 6.45) is 31.4. The number of nitrogens with two attached hydrogens (primary N) is 1. The van der Waals surface area contributed by atoms with E-state index in [1.165, 1.54) is 154 Å². The van der Waals surface area contributed by atoms with E-state index in [2.05, 4.69) is 20.8 Å². The van der Waals surface area contributed by atoms with Crippen LogP contribution in [-0.4, -0.2) is 21.9 Å². The Kier molecular flexibility index (Phi) is 28.6. The lowest BCUT2D eigenvalue weighted by atomic mass is 9.82. The quantitative estimate of drug-likeness (QED) is 0.122. The Bertz CT molecular complexity index is 338. The van der Waals surface area contributed by atoms with Gasteiger partial charge in [0.15, 0.2) is 0 Å². The molecule has 0 rings (SSSR count). The van der Waals surface area contributed by atoms with E-state index in [1.54, 1.807) is 0 Å². The topological polar surface area (TPSA) is 83.6 Å². The van der Waals surface area contributed by atoms with Crippen molar-refractivity contribution in [2.24, 2.45) is 5.73 Å². The van der Waals surface area contributed by atoms with Crippen LogP contribution in [0.25, 0.3) is 0 Å². The van der Waals surface area contributed by atoms with Crippen molar-refractivity contribution in [3.05, 3.63) is 0 Å². The van der Waals surface area contributed by atoms with E-state index in [9.17, 15) is 0 Å². The lowest BCUT2D eigenvalue weighted by molar-refractivity contribution is 0.137. The van der Waals surface area contributed by atoms with Crippen LogP contribution in [0.2, 0.25) is 0 Å². The van der Waals surface area contributed by atoms with Crippen molar-refractivity contribution in [1.82, 2.24) is 0 Å².